The van der Waals surface area contributed by atoms with Crippen LogP contribution in [0.2, 0.25) is 10.0 Å². The molecule has 21 heavy (non-hydrogen) atoms. The molecule has 1 amide bonds. The summed E-state index contributed by atoms with van der Waals surface area (Å²) in [6.45, 7) is 3.55. The molecule has 0 saturated heterocycles. The van der Waals surface area contributed by atoms with Crippen molar-refractivity contribution in [3.8, 4) is 5.75 Å². The van der Waals surface area contributed by atoms with Crippen molar-refractivity contribution in [2.45, 2.75) is 32.6 Å². The SMILES string of the molecule is CC[C@@H](C[C@@H](C)c1c(O)ccc(Cl)c1Cl)[C@@H](CO)C(N)=O. The number of hydrogen-bond acceptors (Lipinski definition) is 3. The largest absolute Gasteiger partial charge is 0.508 e. The highest BCUT2D eigenvalue weighted by molar-refractivity contribution is 6.42. The number of rotatable bonds is 7. The van der Waals surface area contributed by atoms with Crippen LogP contribution in [-0.4, -0.2) is 22.7 Å². The van der Waals surface area contributed by atoms with Crippen molar-refractivity contribution in [3.05, 3.63) is 27.7 Å². The van der Waals surface area contributed by atoms with Gasteiger partial charge in [0, 0.05) is 5.56 Å². The maximum atomic E-state index is 11.4. The van der Waals surface area contributed by atoms with Gasteiger partial charge in [-0.2, -0.15) is 0 Å². The van der Waals surface area contributed by atoms with E-state index in [9.17, 15) is 15.0 Å². The van der Waals surface area contributed by atoms with E-state index in [4.69, 9.17) is 28.9 Å². The van der Waals surface area contributed by atoms with E-state index in [2.05, 4.69) is 0 Å². The standard InChI is InChI=1S/C15H21Cl2NO3/c1-3-9(10(7-19)15(18)21)6-8(2)13-12(20)5-4-11(16)14(13)17/h4-5,8-10,19-20H,3,6-7H2,1-2H3,(H2,18,21)/t8-,9+,10-/m1/s1. The Hall–Kier alpha value is -0.970. The number of phenols is 1. The van der Waals surface area contributed by atoms with Gasteiger partial charge in [-0.1, -0.05) is 43.5 Å². The third-order valence-electron chi connectivity index (χ3n) is 3.91. The molecule has 0 unspecified atom stereocenters. The van der Waals surface area contributed by atoms with Crippen LogP contribution in [0.1, 0.15) is 38.2 Å². The van der Waals surface area contributed by atoms with Crippen LogP contribution in [0.4, 0.5) is 0 Å². The summed E-state index contributed by atoms with van der Waals surface area (Å²) < 4.78 is 0. The molecule has 0 radical (unpaired) electrons. The number of aliphatic hydroxyl groups excluding tert-OH is 1. The van der Waals surface area contributed by atoms with Gasteiger partial charge in [0.05, 0.1) is 22.6 Å². The molecule has 0 aliphatic heterocycles. The normalized spacial score (nSPS) is 15.5. The van der Waals surface area contributed by atoms with Gasteiger partial charge in [-0.05, 0) is 30.4 Å². The molecular formula is C15H21Cl2NO3. The number of benzene rings is 1. The minimum atomic E-state index is -0.599. The smallest absolute Gasteiger partial charge is 0.223 e. The summed E-state index contributed by atoms with van der Waals surface area (Å²) in [7, 11) is 0. The van der Waals surface area contributed by atoms with Gasteiger partial charge < -0.3 is 15.9 Å². The second kappa shape index (κ2) is 7.87. The monoisotopic (exact) mass is 333 g/mol. The summed E-state index contributed by atoms with van der Waals surface area (Å²) in [6.07, 6.45) is 1.26. The van der Waals surface area contributed by atoms with Crippen molar-refractivity contribution < 1.29 is 15.0 Å². The molecule has 6 heteroatoms. The first-order valence-corrected chi connectivity index (χ1v) is 7.66. The van der Waals surface area contributed by atoms with E-state index in [1.807, 2.05) is 13.8 Å². The van der Waals surface area contributed by atoms with Gasteiger partial charge in [-0.25, -0.2) is 0 Å². The van der Waals surface area contributed by atoms with E-state index in [1.54, 1.807) is 0 Å². The molecule has 0 heterocycles. The van der Waals surface area contributed by atoms with Crippen molar-refractivity contribution in [1.29, 1.82) is 0 Å². The van der Waals surface area contributed by atoms with Gasteiger partial charge >= 0.3 is 0 Å². The highest BCUT2D eigenvalue weighted by atomic mass is 35.5. The molecule has 0 bridgehead atoms. The molecule has 0 saturated carbocycles. The lowest BCUT2D eigenvalue weighted by molar-refractivity contribution is -0.125. The van der Waals surface area contributed by atoms with Crippen LogP contribution in [0.25, 0.3) is 0 Å². The maximum absolute atomic E-state index is 11.4. The molecule has 118 valence electrons. The van der Waals surface area contributed by atoms with Gasteiger partial charge in [-0.15, -0.1) is 0 Å². The number of aromatic hydroxyl groups is 1. The number of carbonyl (C=O) groups excluding carboxylic acids is 1. The number of hydrogen-bond donors (Lipinski definition) is 3. The number of halogens is 2. The molecule has 4 N–H and O–H groups in total. The number of primary amides is 1. The first-order chi connectivity index (χ1) is 9.83. The molecule has 1 aromatic carbocycles. The van der Waals surface area contributed by atoms with E-state index < -0.39 is 11.8 Å². The predicted molar refractivity (Wildman–Crippen MR) is 84.7 cm³/mol. The Bertz CT molecular complexity index is 508. The Balaban J connectivity index is 3.01. The van der Waals surface area contributed by atoms with Gasteiger partial charge in [0.25, 0.3) is 0 Å². The van der Waals surface area contributed by atoms with Crippen molar-refractivity contribution in [1.82, 2.24) is 0 Å². The number of nitrogens with two attached hydrogens (primary N) is 1. The number of amides is 1. The Labute approximate surface area is 134 Å². The lowest BCUT2D eigenvalue weighted by Crippen LogP contribution is -2.33. The van der Waals surface area contributed by atoms with Crippen LogP contribution in [-0.2, 0) is 4.79 Å². The zero-order valence-corrected chi connectivity index (χ0v) is 13.7. The zero-order chi connectivity index (χ0) is 16.2. The van der Waals surface area contributed by atoms with Crippen LogP contribution < -0.4 is 5.73 Å². The minimum Gasteiger partial charge on any atom is -0.508 e. The van der Waals surface area contributed by atoms with Crippen LogP contribution in [0.3, 0.4) is 0 Å². The molecular weight excluding hydrogens is 313 g/mol. The molecule has 4 nitrogen and oxygen atoms in total. The maximum Gasteiger partial charge on any atom is 0.223 e. The van der Waals surface area contributed by atoms with Crippen molar-refractivity contribution in [2.24, 2.45) is 17.6 Å². The second-order valence-electron chi connectivity index (χ2n) is 5.29. The minimum absolute atomic E-state index is 0.0753. The summed E-state index contributed by atoms with van der Waals surface area (Å²) >= 11 is 12.1. The summed E-state index contributed by atoms with van der Waals surface area (Å²) in [4.78, 5) is 11.4. The molecule has 3 atom stereocenters. The Morgan fingerprint density at radius 1 is 1.38 bits per heavy atom. The third kappa shape index (κ3) is 4.25. The highest BCUT2D eigenvalue weighted by Gasteiger charge is 2.28. The van der Waals surface area contributed by atoms with E-state index in [0.717, 1.165) is 0 Å². The van der Waals surface area contributed by atoms with Crippen molar-refractivity contribution in [2.75, 3.05) is 6.61 Å². The summed E-state index contributed by atoms with van der Waals surface area (Å²) in [5.74, 6) is -1.24. The van der Waals surface area contributed by atoms with Crippen LogP contribution in [0.5, 0.6) is 5.75 Å². The van der Waals surface area contributed by atoms with Gasteiger partial charge in [-0.3, -0.25) is 4.79 Å². The van der Waals surface area contributed by atoms with Crippen LogP contribution in [0, 0.1) is 11.8 Å². The van der Waals surface area contributed by atoms with E-state index in [-0.39, 0.29) is 24.2 Å². The van der Waals surface area contributed by atoms with Crippen LogP contribution in [0.15, 0.2) is 12.1 Å². The summed E-state index contributed by atoms with van der Waals surface area (Å²) in [6, 6.07) is 3.03. The molecule has 0 aliphatic carbocycles. The fourth-order valence-corrected chi connectivity index (χ4v) is 3.19. The molecule has 0 fully saturated rings. The third-order valence-corrected chi connectivity index (χ3v) is 4.73. The lowest BCUT2D eigenvalue weighted by atomic mass is 9.80. The number of phenolic OH excluding ortho intramolecular Hbond substituents is 1. The molecule has 1 rings (SSSR count). The first-order valence-electron chi connectivity index (χ1n) is 6.90. The topological polar surface area (TPSA) is 83.6 Å². The van der Waals surface area contributed by atoms with Crippen molar-refractivity contribution in [3.63, 3.8) is 0 Å². The highest BCUT2D eigenvalue weighted by Crippen LogP contribution is 2.41. The second-order valence-corrected chi connectivity index (χ2v) is 6.08. The van der Waals surface area contributed by atoms with E-state index in [0.29, 0.717) is 28.5 Å². The molecule has 0 spiro atoms. The summed E-state index contributed by atoms with van der Waals surface area (Å²) in [5, 5.41) is 20.0. The number of aliphatic hydroxyl groups is 1. The van der Waals surface area contributed by atoms with Gasteiger partial charge in [0.15, 0.2) is 0 Å². The molecule has 1 aromatic rings. The molecule has 0 aromatic heterocycles. The zero-order valence-electron chi connectivity index (χ0n) is 12.1. The van der Waals surface area contributed by atoms with E-state index in [1.165, 1.54) is 12.1 Å². The average molecular weight is 334 g/mol. The quantitative estimate of drug-likeness (QED) is 0.715. The number of carbonyl (C=O) groups is 1. The fraction of sp³-hybridized carbons (Fsp3) is 0.533. The average Bonchev–Trinajstić information content (AvgIpc) is 2.42. The Morgan fingerprint density at radius 2 is 2.00 bits per heavy atom. The van der Waals surface area contributed by atoms with Crippen LogP contribution >= 0.6 is 23.2 Å². The summed E-state index contributed by atoms with van der Waals surface area (Å²) in [5.41, 5.74) is 5.89. The van der Waals surface area contributed by atoms with Gasteiger partial charge in [0.2, 0.25) is 5.91 Å². The first kappa shape index (κ1) is 18.1. The van der Waals surface area contributed by atoms with Gasteiger partial charge in [0.1, 0.15) is 5.75 Å². The van der Waals surface area contributed by atoms with Crippen molar-refractivity contribution >= 4 is 29.1 Å². The Kier molecular flexibility index (Phi) is 6.78. The molecule has 0 aliphatic rings. The lowest BCUT2D eigenvalue weighted by Gasteiger charge is -2.26. The fourth-order valence-electron chi connectivity index (χ4n) is 2.68. The predicted octanol–water partition coefficient (Wildman–Crippen LogP) is 3.31. The Morgan fingerprint density at radius 3 is 2.48 bits per heavy atom. The van der Waals surface area contributed by atoms with E-state index >= 15 is 0 Å².